The van der Waals surface area contributed by atoms with Gasteiger partial charge in [0.25, 0.3) is 0 Å². The molecule has 28 heavy (non-hydrogen) atoms. The van der Waals surface area contributed by atoms with Gasteiger partial charge in [0.1, 0.15) is 10.8 Å². The Morgan fingerprint density at radius 3 is 2.57 bits per heavy atom. The quantitative estimate of drug-likeness (QED) is 0.627. The summed E-state index contributed by atoms with van der Waals surface area (Å²) in [6, 6.07) is 15.2. The highest BCUT2D eigenvalue weighted by Gasteiger charge is 2.19. The highest BCUT2D eigenvalue weighted by molar-refractivity contribution is 7.13. The molecule has 2 amide bonds. The molecule has 0 unspecified atom stereocenters. The molecule has 2 aromatic carbocycles. The van der Waals surface area contributed by atoms with Gasteiger partial charge in [-0.2, -0.15) is 0 Å². The Hall–Kier alpha value is -2.90. The number of anilines is 1. The van der Waals surface area contributed by atoms with Crippen molar-refractivity contribution in [3.8, 4) is 16.3 Å². The van der Waals surface area contributed by atoms with Gasteiger partial charge in [-0.25, -0.2) is 9.78 Å². The lowest BCUT2D eigenvalue weighted by molar-refractivity contribution is 0.242. The third kappa shape index (κ3) is 4.88. The molecule has 6 nitrogen and oxygen atoms in total. The number of hydrogen-bond donors (Lipinski definition) is 2. The lowest BCUT2D eigenvalue weighted by Crippen LogP contribution is -2.37. The van der Waals surface area contributed by atoms with Crippen LogP contribution < -0.4 is 15.4 Å². The third-order valence-electron chi connectivity index (χ3n) is 4.40. The van der Waals surface area contributed by atoms with Gasteiger partial charge in [0.05, 0.1) is 13.2 Å². The minimum absolute atomic E-state index is 0.00539. The fraction of sp³-hybridized carbons (Fsp3) is 0.238. The van der Waals surface area contributed by atoms with Gasteiger partial charge in [-0.3, -0.25) is 0 Å². The van der Waals surface area contributed by atoms with Crippen LogP contribution in [0.3, 0.4) is 0 Å². The molecule has 0 radical (unpaired) electrons. The first-order valence-corrected chi connectivity index (χ1v) is 9.80. The average molecular weight is 397 g/mol. The van der Waals surface area contributed by atoms with E-state index in [1.807, 2.05) is 68.0 Å². The van der Waals surface area contributed by atoms with Crippen LogP contribution in [0.1, 0.15) is 11.6 Å². The zero-order chi connectivity index (χ0) is 19.9. The van der Waals surface area contributed by atoms with Crippen molar-refractivity contribution in [2.24, 2.45) is 0 Å². The van der Waals surface area contributed by atoms with Gasteiger partial charge >= 0.3 is 6.03 Å². The number of para-hydroxylation sites is 1. The Morgan fingerprint density at radius 2 is 1.93 bits per heavy atom. The molecule has 0 aliphatic carbocycles. The molecule has 2 N–H and O–H groups in total. The molecule has 0 aliphatic heterocycles. The van der Waals surface area contributed by atoms with E-state index in [0.29, 0.717) is 6.54 Å². The number of rotatable bonds is 7. The fourth-order valence-electron chi connectivity index (χ4n) is 2.94. The molecule has 1 aromatic heterocycles. The summed E-state index contributed by atoms with van der Waals surface area (Å²) < 4.78 is 5.46. The summed E-state index contributed by atoms with van der Waals surface area (Å²) >= 11 is 1.58. The number of ether oxygens (including phenoxy) is 1. The van der Waals surface area contributed by atoms with Crippen LogP contribution in [0.5, 0.6) is 5.75 Å². The Bertz CT molecular complexity index is 895. The first kappa shape index (κ1) is 19.9. The van der Waals surface area contributed by atoms with Gasteiger partial charge in [0, 0.05) is 34.9 Å². The third-order valence-corrected chi connectivity index (χ3v) is 5.22. The van der Waals surface area contributed by atoms with Gasteiger partial charge in [-0.05, 0) is 44.4 Å². The molecule has 0 spiro atoms. The standard InChI is InChI=1S/C21H24N4O2S/c1-25(2)18(17-6-4-5-7-19(17)27-3)14-23-21(26)24-16-10-8-15(9-11-16)20-22-12-13-28-20/h4-13,18H,14H2,1-3H3,(H2,23,24,26)/t18-/m1/s1. The number of nitrogens with one attached hydrogen (secondary N) is 2. The molecule has 3 aromatic rings. The predicted octanol–water partition coefficient (Wildman–Crippen LogP) is 4.24. The number of urea groups is 1. The molecule has 7 heteroatoms. The monoisotopic (exact) mass is 396 g/mol. The summed E-state index contributed by atoms with van der Waals surface area (Å²) in [4.78, 5) is 18.7. The van der Waals surface area contributed by atoms with E-state index < -0.39 is 0 Å². The van der Waals surface area contributed by atoms with Crippen LogP contribution in [0.25, 0.3) is 10.6 Å². The first-order chi connectivity index (χ1) is 13.6. The van der Waals surface area contributed by atoms with Gasteiger partial charge in [-0.15, -0.1) is 11.3 Å². The van der Waals surface area contributed by atoms with Gasteiger partial charge in [0.2, 0.25) is 0 Å². The second-order valence-corrected chi connectivity index (χ2v) is 7.37. The van der Waals surface area contributed by atoms with Crippen LogP contribution >= 0.6 is 11.3 Å². The summed E-state index contributed by atoms with van der Waals surface area (Å²) in [5, 5.41) is 8.72. The topological polar surface area (TPSA) is 66.5 Å². The molecule has 1 atom stereocenters. The van der Waals surface area contributed by atoms with Crippen molar-refractivity contribution in [2.75, 3.05) is 33.1 Å². The van der Waals surface area contributed by atoms with E-state index in [0.717, 1.165) is 27.6 Å². The number of benzene rings is 2. The molecule has 0 aliphatic rings. The second kappa shape index (κ2) is 9.34. The molecule has 1 heterocycles. The summed E-state index contributed by atoms with van der Waals surface area (Å²) in [5.41, 5.74) is 2.80. The summed E-state index contributed by atoms with van der Waals surface area (Å²) in [6.07, 6.45) is 1.78. The van der Waals surface area contributed by atoms with Crippen LogP contribution in [0, 0.1) is 0 Å². The molecule has 0 saturated heterocycles. The number of likely N-dealkylation sites (N-methyl/N-ethyl adjacent to an activating group) is 1. The summed E-state index contributed by atoms with van der Waals surface area (Å²) in [5.74, 6) is 0.807. The Balaban J connectivity index is 1.60. The van der Waals surface area contributed by atoms with Crippen LogP contribution in [0.15, 0.2) is 60.1 Å². The zero-order valence-electron chi connectivity index (χ0n) is 16.2. The van der Waals surface area contributed by atoms with Crippen molar-refractivity contribution in [3.05, 3.63) is 65.7 Å². The Labute approximate surface area is 169 Å². The first-order valence-electron chi connectivity index (χ1n) is 8.92. The van der Waals surface area contributed by atoms with Gasteiger partial charge in [-0.1, -0.05) is 18.2 Å². The molecular weight excluding hydrogens is 372 g/mol. The minimum atomic E-state index is -0.247. The maximum absolute atomic E-state index is 12.4. The van der Waals surface area contributed by atoms with Crippen molar-refractivity contribution in [3.63, 3.8) is 0 Å². The normalized spacial score (nSPS) is 11.9. The van der Waals surface area contributed by atoms with Crippen molar-refractivity contribution in [1.29, 1.82) is 0 Å². The van der Waals surface area contributed by atoms with E-state index in [2.05, 4.69) is 20.5 Å². The Kier molecular flexibility index (Phi) is 6.62. The minimum Gasteiger partial charge on any atom is -0.496 e. The molecule has 0 saturated carbocycles. The summed E-state index contributed by atoms with van der Waals surface area (Å²) in [7, 11) is 5.61. The number of aromatic nitrogens is 1. The Morgan fingerprint density at radius 1 is 1.18 bits per heavy atom. The number of methoxy groups -OCH3 is 1. The van der Waals surface area contributed by atoms with Crippen LogP contribution in [-0.2, 0) is 0 Å². The van der Waals surface area contributed by atoms with Crippen molar-refractivity contribution >= 4 is 23.1 Å². The smallest absolute Gasteiger partial charge is 0.319 e. The SMILES string of the molecule is COc1ccccc1[C@@H](CNC(=O)Nc1ccc(-c2nccs2)cc1)N(C)C. The van der Waals surface area contributed by atoms with Crippen LogP contribution in [0.2, 0.25) is 0 Å². The number of amides is 2. The highest BCUT2D eigenvalue weighted by Crippen LogP contribution is 2.27. The number of thiazole rings is 1. The number of nitrogens with zero attached hydrogens (tertiary/aromatic N) is 2. The van der Waals surface area contributed by atoms with E-state index in [4.69, 9.17) is 4.74 Å². The van der Waals surface area contributed by atoms with E-state index in [1.165, 1.54) is 0 Å². The van der Waals surface area contributed by atoms with Crippen LogP contribution in [-0.4, -0.2) is 43.7 Å². The molecule has 3 rings (SSSR count). The number of carbonyl (C=O) groups is 1. The van der Waals surface area contributed by atoms with Crippen molar-refractivity contribution < 1.29 is 9.53 Å². The number of hydrogen-bond acceptors (Lipinski definition) is 5. The van der Waals surface area contributed by atoms with E-state index in [1.54, 1.807) is 24.6 Å². The van der Waals surface area contributed by atoms with Gasteiger partial charge < -0.3 is 20.3 Å². The summed E-state index contributed by atoms with van der Waals surface area (Å²) in [6.45, 7) is 0.455. The van der Waals surface area contributed by atoms with Crippen LogP contribution in [0.4, 0.5) is 10.5 Å². The molecular formula is C21H24N4O2S. The average Bonchev–Trinajstić information content (AvgIpc) is 3.23. The lowest BCUT2D eigenvalue weighted by Gasteiger charge is -2.26. The van der Waals surface area contributed by atoms with Crippen molar-refractivity contribution in [1.82, 2.24) is 15.2 Å². The molecule has 146 valence electrons. The maximum Gasteiger partial charge on any atom is 0.319 e. The predicted molar refractivity (Wildman–Crippen MR) is 114 cm³/mol. The highest BCUT2D eigenvalue weighted by atomic mass is 32.1. The largest absolute Gasteiger partial charge is 0.496 e. The fourth-order valence-corrected chi connectivity index (χ4v) is 3.58. The van der Waals surface area contributed by atoms with Crippen molar-refractivity contribution in [2.45, 2.75) is 6.04 Å². The number of carbonyl (C=O) groups excluding carboxylic acids is 1. The van der Waals surface area contributed by atoms with E-state index >= 15 is 0 Å². The van der Waals surface area contributed by atoms with E-state index in [9.17, 15) is 4.79 Å². The maximum atomic E-state index is 12.4. The second-order valence-electron chi connectivity index (χ2n) is 6.47. The van der Waals surface area contributed by atoms with Gasteiger partial charge in [0.15, 0.2) is 0 Å². The zero-order valence-corrected chi connectivity index (χ0v) is 17.0. The van der Waals surface area contributed by atoms with E-state index in [-0.39, 0.29) is 12.1 Å². The molecule has 0 fully saturated rings. The lowest BCUT2D eigenvalue weighted by atomic mass is 10.0. The molecule has 0 bridgehead atoms.